The van der Waals surface area contributed by atoms with Crippen molar-refractivity contribution in [3.8, 4) is 0 Å². The third-order valence-corrected chi connectivity index (χ3v) is 5.69. The van der Waals surface area contributed by atoms with E-state index in [1.165, 1.54) is 38.1 Å². The summed E-state index contributed by atoms with van der Waals surface area (Å²) in [5.74, 6) is -1.56. The van der Waals surface area contributed by atoms with Gasteiger partial charge in [-0.1, -0.05) is 6.07 Å². The van der Waals surface area contributed by atoms with Gasteiger partial charge in [0, 0.05) is 38.0 Å². The van der Waals surface area contributed by atoms with Gasteiger partial charge in [-0.2, -0.15) is 4.72 Å². The third-order valence-electron chi connectivity index (χ3n) is 4.13. The molecule has 0 aliphatic carbocycles. The minimum atomic E-state index is -4.00. The number of benzene rings is 2. The first-order valence-electron chi connectivity index (χ1n) is 9.27. The van der Waals surface area contributed by atoms with Crippen LogP contribution in [0, 0.1) is 0 Å². The van der Waals surface area contributed by atoms with Crippen molar-refractivity contribution in [2.24, 2.45) is 0 Å². The van der Waals surface area contributed by atoms with Crippen molar-refractivity contribution in [2.45, 2.75) is 24.8 Å². The Balaban J connectivity index is 1.96. The number of carbonyl (C=O) groups is 3. The molecule has 0 radical (unpaired) electrons. The van der Waals surface area contributed by atoms with E-state index in [1.807, 2.05) is 25.1 Å². The Morgan fingerprint density at radius 2 is 1.61 bits per heavy atom. The van der Waals surface area contributed by atoms with E-state index in [9.17, 15) is 22.8 Å². The lowest BCUT2D eigenvalue weighted by Crippen LogP contribution is -2.51. The van der Waals surface area contributed by atoms with Gasteiger partial charge >= 0.3 is 0 Å². The van der Waals surface area contributed by atoms with E-state index >= 15 is 0 Å². The summed E-state index contributed by atoms with van der Waals surface area (Å²) >= 11 is 0. The zero-order valence-electron chi connectivity index (χ0n) is 17.6. The van der Waals surface area contributed by atoms with Crippen LogP contribution in [0.2, 0.25) is 0 Å². The molecule has 0 fully saturated rings. The Bertz CT molecular complexity index is 1070. The summed E-state index contributed by atoms with van der Waals surface area (Å²) in [6.45, 7) is 2.68. The van der Waals surface area contributed by atoms with Crippen molar-refractivity contribution in [3.05, 3.63) is 54.1 Å². The fourth-order valence-electron chi connectivity index (χ4n) is 2.50. The molecule has 2 aromatic carbocycles. The maximum Gasteiger partial charge on any atom is 0.269 e. The normalized spacial score (nSPS) is 11.9. The van der Waals surface area contributed by atoms with E-state index in [-0.39, 0.29) is 10.8 Å². The Labute approximate surface area is 181 Å². The van der Waals surface area contributed by atoms with Crippen LogP contribution < -0.4 is 25.8 Å². The molecule has 0 unspecified atom stereocenters. The van der Waals surface area contributed by atoms with E-state index in [0.29, 0.717) is 11.3 Å². The average molecular weight is 448 g/mol. The molecule has 11 heteroatoms. The smallest absolute Gasteiger partial charge is 0.269 e. The first-order chi connectivity index (χ1) is 14.5. The van der Waals surface area contributed by atoms with Crippen LogP contribution in [-0.2, 0) is 19.6 Å². The highest BCUT2D eigenvalue weighted by Crippen LogP contribution is 2.15. The lowest BCUT2D eigenvalue weighted by Gasteiger charge is -2.16. The van der Waals surface area contributed by atoms with Crippen LogP contribution in [0.1, 0.15) is 24.2 Å². The van der Waals surface area contributed by atoms with Crippen LogP contribution in [0.3, 0.4) is 0 Å². The van der Waals surface area contributed by atoms with Crippen LogP contribution in [0.25, 0.3) is 0 Å². The van der Waals surface area contributed by atoms with E-state index in [1.54, 1.807) is 18.2 Å². The second kappa shape index (κ2) is 10.0. The average Bonchev–Trinajstić information content (AvgIpc) is 2.71. The molecule has 0 aromatic heterocycles. The molecule has 0 saturated heterocycles. The van der Waals surface area contributed by atoms with Gasteiger partial charge in [0.15, 0.2) is 0 Å². The second-order valence-electron chi connectivity index (χ2n) is 6.94. The highest BCUT2D eigenvalue weighted by atomic mass is 32.2. The predicted octanol–water partition coefficient (Wildman–Crippen LogP) is 0.839. The molecule has 0 spiro atoms. The van der Waals surface area contributed by atoms with Gasteiger partial charge < -0.3 is 10.2 Å². The molecule has 3 amide bonds. The number of carbonyl (C=O) groups excluding carboxylic acids is 3. The number of amides is 3. The van der Waals surface area contributed by atoms with Crippen molar-refractivity contribution in [3.63, 3.8) is 0 Å². The zero-order chi connectivity index (χ0) is 23.2. The van der Waals surface area contributed by atoms with Gasteiger partial charge in [0.05, 0.1) is 10.9 Å². The van der Waals surface area contributed by atoms with Gasteiger partial charge in [-0.15, -0.1) is 0 Å². The molecule has 166 valence electrons. The minimum absolute atomic E-state index is 0.0780. The van der Waals surface area contributed by atoms with Gasteiger partial charge in [0.25, 0.3) is 11.8 Å². The van der Waals surface area contributed by atoms with Crippen LogP contribution in [-0.4, -0.2) is 46.3 Å². The summed E-state index contributed by atoms with van der Waals surface area (Å²) in [7, 11) is -0.331. The van der Waals surface area contributed by atoms with Crippen LogP contribution in [0.4, 0.5) is 11.4 Å². The van der Waals surface area contributed by atoms with Crippen LogP contribution in [0.5, 0.6) is 0 Å². The van der Waals surface area contributed by atoms with Gasteiger partial charge in [-0.05, 0) is 49.4 Å². The number of rotatable bonds is 7. The van der Waals surface area contributed by atoms with E-state index in [4.69, 9.17) is 0 Å². The summed E-state index contributed by atoms with van der Waals surface area (Å²) in [6, 6.07) is 11.1. The Hall–Kier alpha value is -3.44. The maximum absolute atomic E-state index is 12.5. The van der Waals surface area contributed by atoms with E-state index in [2.05, 4.69) is 20.9 Å². The topological polar surface area (TPSA) is 137 Å². The molecule has 0 aliphatic heterocycles. The molecule has 1 atom stereocenters. The molecular weight excluding hydrogens is 422 g/mol. The lowest BCUT2D eigenvalue weighted by molar-refractivity contribution is -0.123. The molecule has 0 saturated carbocycles. The summed E-state index contributed by atoms with van der Waals surface area (Å²) < 4.78 is 27.2. The zero-order valence-corrected chi connectivity index (χ0v) is 18.4. The Kier molecular flexibility index (Phi) is 7.72. The molecular formula is C20H25N5O5S. The highest BCUT2D eigenvalue weighted by Gasteiger charge is 2.22. The molecule has 31 heavy (non-hydrogen) atoms. The summed E-state index contributed by atoms with van der Waals surface area (Å²) in [4.78, 5) is 37.3. The predicted molar refractivity (Wildman–Crippen MR) is 117 cm³/mol. The SMILES string of the molecule is CC(=O)Nc1ccc(S(=O)(=O)N[C@@H](C)C(=O)NNC(=O)c2cccc(N(C)C)c2)cc1. The number of hydrogen-bond donors (Lipinski definition) is 4. The number of anilines is 2. The first-order valence-corrected chi connectivity index (χ1v) is 10.8. The highest BCUT2D eigenvalue weighted by molar-refractivity contribution is 7.89. The second-order valence-corrected chi connectivity index (χ2v) is 8.65. The van der Waals surface area contributed by atoms with E-state index in [0.717, 1.165) is 5.69 Å². The van der Waals surface area contributed by atoms with E-state index < -0.39 is 27.9 Å². The Morgan fingerprint density at radius 3 is 2.19 bits per heavy atom. The molecule has 10 nitrogen and oxygen atoms in total. The minimum Gasteiger partial charge on any atom is -0.378 e. The lowest BCUT2D eigenvalue weighted by atomic mass is 10.2. The monoisotopic (exact) mass is 447 g/mol. The molecule has 0 heterocycles. The van der Waals surface area contributed by atoms with Crippen molar-refractivity contribution < 1.29 is 22.8 Å². The third kappa shape index (κ3) is 6.79. The Morgan fingerprint density at radius 1 is 0.968 bits per heavy atom. The molecule has 4 N–H and O–H groups in total. The fourth-order valence-corrected chi connectivity index (χ4v) is 3.70. The molecule has 2 aromatic rings. The fraction of sp³-hybridized carbons (Fsp3) is 0.250. The molecule has 0 bridgehead atoms. The first kappa shape index (κ1) is 23.8. The van der Waals surface area contributed by atoms with Crippen molar-refractivity contribution in [1.29, 1.82) is 0 Å². The standard InChI is InChI=1S/C20H25N5O5S/c1-13(24-31(29,30)18-10-8-16(9-11-18)21-14(2)26)19(27)22-23-20(28)15-6-5-7-17(12-15)25(3)4/h5-13,24H,1-4H3,(H,21,26)(H,22,27)(H,23,28)/t13-/m0/s1. The maximum atomic E-state index is 12.5. The van der Waals surface area contributed by atoms with Gasteiger partial charge in [-0.25, -0.2) is 8.42 Å². The van der Waals surface area contributed by atoms with Crippen molar-refractivity contribution >= 4 is 39.1 Å². The quantitative estimate of drug-likeness (QED) is 0.464. The molecule has 2 rings (SSSR count). The molecule has 0 aliphatic rings. The summed E-state index contributed by atoms with van der Waals surface area (Å²) in [6.07, 6.45) is 0. The largest absolute Gasteiger partial charge is 0.378 e. The number of hydrogen-bond acceptors (Lipinski definition) is 6. The van der Waals surface area contributed by atoms with Gasteiger partial charge in [0.1, 0.15) is 0 Å². The number of nitrogens with zero attached hydrogens (tertiary/aromatic N) is 1. The summed E-state index contributed by atoms with van der Waals surface area (Å²) in [5, 5.41) is 2.53. The van der Waals surface area contributed by atoms with Crippen LogP contribution in [0.15, 0.2) is 53.4 Å². The number of sulfonamides is 1. The number of nitrogens with one attached hydrogen (secondary N) is 4. The van der Waals surface area contributed by atoms with Gasteiger partial charge in [0.2, 0.25) is 15.9 Å². The number of hydrazine groups is 1. The summed E-state index contributed by atoms with van der Waals surface area (Å²) in [5.41, 5.74) is 6.06. The van der Waals surface area contributed by atoms with Gasteiger partial charge in [-0.3, -0.25) is 25.2 Å². The van der Waals surface area contributed by atoms with Crippen molar-refractivity contribution in [2.75, 3.05) is 24.3 Å². The van der Waals surface area contributed by atoms with Crippen LogP contribution >= 0.6 is 0 Å². The van der Waals surface area contributed by atoms with Crippen molar-refractivity contribution in [1.82, 2.24) is 15.6 Å².